The maximum Gasteiger partial charge on any atom is 0.00103 e. The summed E-state index contributed by atoms with van der Waals surface area (Å²) in [5.74, 6) is 0. The first-order valence-electron chi connectivity index (χ1n) is 6.21. The molecule has 0 bridgehead atoms. The first kappa shape index (κ1) is 13.9. The van der Waals surface area contributed by atoms with E-state index in [-0.39, 0.29) is 0 Å². The zero-order valence-electron chi connectivity index (χ0n) is 10.2. The molecule has 0 aromatic rings. The summed E-state index contributed by atoms with van der Waals surface area (Å²) in [6.07, 6.45) is 6.65. The summed E-state index contributed by atoms with van der Waals surface area (Å²) in [4.78, 5) is 0. The molecule has 0 atom stereocenters. The van der Waals surface area contributed by atoms with E-state index in [2.05, 4.69) is 31.4 Å². The fourth-order valence-corrected chi connectivity index (χ4v) is 1.42. The van der Waals surface area contributed by atoms with Gasteiger partial charge in [-0.2, -0.15) is 0 Å². The van der Waals surface area contributed by atoms with Crippen molar-refractivity contribution in [2.75, 3.05) is 19.6 Å². The number of rotatable bonds is 10. The monoisotopic (exact) mass is 200 g/mol. The number of hydrogen-bond donors (Lipinski definition) is 2. The maximum atomic E-state index is 3.44. The quantitative estimate of drug-likeness (QED) is 0.530. The molecule has 0 aromatic carbocycles. The van der Waals surface area contributed by atoms with Crippen LogP contribution >= 0.6 is 0 Å². The number of nitrogens with one attached hydrogen (secondary N) is 2. The van der Waals surface area contributed by atoms with E-state index in [0.717, 1.165) is 0 Å². The lowest BCUT2D eigenvalue weighted by atomic mass is 10.2. The van der Waals surface area contributed by atoms with Gasteiger partial charge in [0, 0.05) is 6.04 Å². The minimum atomic E-state index is 0.640. The third-order valence-corrected chi connectivity index (χ3v) is 2.26. The van der Waals surface area contributed by atoms with Crippen LogP contribution in [0.1, 0.15) is 52.9 Å². The largest absolute Gasteiger partial charge is 0.317 e. The van der Waals surface area contributed by atoms with E-state index in [1.54, 1.807) is 0 Å². The van der Waals surface area contributed by atoms with E-state index >= 15 is 0 Å². The summed E-state index contributed by atoms with van der Waals surface area (Å²) in [6.45, 7) is 10.2. The zero-order chi connectivity index (χ0) is 10.6. The Balaban J connectivity index is 2.85. The molecule has 14 heavy (non-hydrogen) atoms. The van der Waals surface area contributed by atoms with Crippen LogP contribution in [0, 0.1) is 0 Å². The third-order valence-electron chi connectivity index (χ3n) is 2.26. The zero-order valence-corrected chi connectivity index (χ0v) is 10.2. The highest BCUT2D eigenvalue weighted by molar-refractivity contribution is 4.54. The minimum Gasteiger partial charge on any atom is -0.317 e. The van der Waals surface area contributed by atoms with Gasteiger partial charge in [0.05, 0.1) is 0 Å². The molecule has 2 nitrogen and oxygen atoms in total. The molecule has 0 aromatic heterocycles. The van der Waals surface area contributed by atoms with Crippen molar-refractivity contribution < 1.29 is 0 Å². The molecule has 0 saturated heterocycles. The highest BCUT2D eigenvalue weighted by Crippen LogP contribution is 1.98. The van der Waals surface area contributed by atoms with E-state index in [4.69, 9.17) is 0 Å². The van der Waals surface area contributed by atoms with E-state index in [0.29, 0.717) is 6.04 Å². The molecular formula is C12H28N2. The molecule has 0 aliphatic carbocycles. The summed E-state index contributed by atoms with van der Waals surface area (Å²) in [5, 5.41) is 6.87. The van der Waals surface area contributed by atoms with Gasteiger partial charge in [-0.3, -0.25) is 0 Å². The first-order chi connectivity index (χ1) is 6.77. The lowest BCUT2D eigenvalue weighted by Crippen LogP contribution is -2.23. The summed E-state index contributed by atoms with van der Waals surface area (Å²) < 4.78 is 0. The van der Waals surface area contributed by atoms with Crippen molar-refractivity contribution in [3.8, 4) is 0 Å². The predicted molar refractivity (Wildman–Crippen MR) is 64.8 cm³/mol. The van der Waals surface area contributed by atoms with Crippen LogP contribution in [-0.2, 0) is 0 Å². The molecule has 0 spiro atoms. The molecule has 0 unspecified atom stereocenters. The van der Waals surface area contributed by atoms with Crippen LogP contribution in [-0.4, -0.2) is 25.7 Å². The van der Waals surface area contributed by atoms with Gasteiger partial charge < -0.3 is 10.6 Å². The lowest BCUT2D eigenvalue weighted by molar-refractivity contribution is 0.532. The second-order valence-electron chi connectivity index (χ2n) is 4.27. The number of hydrogen-bond acceptors (Lipinski definition) is 2. The van der Waals surface area contributed by atoms with Crippen molar-refractivity contribution >= 4 is 0 Å². The SMILES string of the molecule is CCCNCCCCCCNC(C)C. The maximum absolute atomic E-state index is 3.44. The second kappa shape index (κ2) is 11.0. The molecule has 0 heterocycles. The smallest absolute Gasteiger partial charge is 0.00103 e. The molecule has 0 amide bonds. The Morgan fingerprint density at radius 2 is 1.50 bits per heavy atom. The van der Waals surface area contributed by atoms with Crippen molar-refractivity contribution in [3.63, 3.8) is 0 Å². The molecule has 0 aliphatic heterocycles. The average Bonchev–Trinajstić information content (AvgIpc) is 2.15. The Labute approximate surface area is 89.9 Å². The third kappa shape index (κ3) is 11.9. The van der Waals surface area contributed by atoms with Gasteiger partial charge >= 0.3 is 0 Å². The topological polar surface area (TPSA) is 24.1 Å². The molecule has 86 valence electrons. The van der Waals surface area contributed by atoms with Gasteiger partial charge in [0.2, 0.25) is 0 Å². The molecule has 0 rings (SSSR count). The Kier molecular flexibility index (Phi) is 10.9. The fraction of sp³-hybridized carbons (Fsp3) is 1.00. The summed E-state index contributed by atoms with van der Waals surface area (Å²) in [6, 6.07) is 0.640. The first-order valence-corrected chi connectivity index (χ1v) is 6.21. The molecule has 0 radical (unpaired) electrons. The second-order valence-corrected chi connectivity index (χ2v) is 4.27. The minimum absolute atomic E-state index is 0.640. The van der Waals surface area contributed by atoms with Gasteiger partial charge in [0.25, 0.3) is 0 Å². The predicted octanol–water partition coefficient (Wildman–Crippen LogP) is 2.54. The summed E-state index contributed by atoms with van der Waals surface area (Å²) >= 11 is 0. The van der Waals surface area contributed by atoms with Crippen molar-refractivity contribution in [2.45, 2.75) is 58.9 Å². The van der Waals surface area contributed by atoms with Crippen LogP contribution in [0.25, 0.3) is 0 Å². The Bertz CT molecular complexity index is 102. The van der Waals surface area contributed by atoms with Crippen LogP contribution in [0.15, 0.2) is 0 Å². The highest BCUT2D eigenvalue weighted by atomic mass is 14.9. The lowest BCUT2D eigenvalue weighted by Gasteiger charge is -2.07. The standard InChI is InChI=1S/C12H28N2/c1-4-9-13-10-7-5-6-8-11-14-12(2)3/h12-14H,4-11H2,1-3H3. The highest BCUT2D eigenvalue weighted by Gasteiger charge is 1.92. The Hall–Kier alpha value is -0.0800. The Morgan fingerprint density at radius 3 is 2.07 bits per heavy atom. The van der Waals surface area contributed by atoms with Crippen LogP contribution < -0.4 is 10.6 Å². The number of unbranched alkanes of at least 4 members (excludes halogenated alkanes) is 3. The molecule has 0 saturated carbocycles. The van der Waals surface area contributed by atoms with Gasteiger partial charge in [0.1, 0.15) is 0 Å². The Morgan fingerprint density at radius 1 is 0.857 bits per heavy atom. The van der Waals surface area contributed by atoms with E-state index < -0.39 is 0 Å². The molecule has 0 fully saturated rings. The molecule has 2 heteroatoms. The van der Waals surface area contributed by atoms with Crippen LogP contribution in [0.5, 0.6) is 0 Å². The van der Waals surface area contributed by atoms with E-state index in [1.807, 2.05) is 0 Å². The van der Waals surface area contributed by atoms with E-state index in [1.165, 1.54) is 51.7 Å². The van der Waals surface area contributed by atoms with Crippen molar-refractivity contribution in [1.82, 2.24) is 10.6 Å². The van der Waals surface area contributed by atoms with Crippen LogP contribution in [0.3, 0.4) is 0 Å². The molecular weight excluding hydrogens is 172 g/mol. The van der Waals surface area contributed by atoms with Crippen molar-refractivity contribution in [3.05, 3.63) is 0 Å². The van der Waals surface area contributed by atoms with Crippen molar-refractivity contribution in [1.29, 1.82) is 0 Å². The summed E-state index contributed by atoms with van der Waals surface area (Å²) in [5.41, 5.74) is 0. The summed E-state index contributed by atoms with van der Waals surface area (Å²) in [7, 11) is 0. The molecule has 0 aliphatic rings. The van der Waals surface area contributed by atoms with Gasteiger partial charge in [-0.15, -0.1) is 0 Å². The van der Waals surface area contributed by atoms with Gasteiger partial charge in [-0.05, 0) is 38.9 Å². The molecule has 2 N–H and O–H groups in total. The average molecular weight is 200 g/mol. The van der Waals surface area contributed by atoms with E-state index in [9.17, 15) is 0 Å². The fourth-order valence-electron chi connectivity index (χ4n) is 1.42. The normalized spacial score (nSPS) is 11.1. The van der Waals surface area contributed by atoms with Crippen molar-refractivity contribution in [2.24, 2.45) is 0 Å². The van der Waals surface area contributed by atoms with Gasteiger partial charge in [-0.1, -0.05) is 33.6 Å². The van der Waals surface area contributed by atoms with Crippen LogP contribution in [0.2, 0.25) is 0 Å². The van der Waals surface area contributed by atoms with Gasteiger partial charge in [0.15, 0.2) is 0 Å². The van der Waals surface area contributed by atoms with Gasteiger partial charge in [-0.25, -0.2) is 0 Å². The van der Waals surface area contributed by atoms with Crippen LogP contribution in [0.4, 0.5) is 0 Å².